The number of benzene rings is 2. The van der Waals surface area contributed by atoms with Crippen molar-refractivity contribution in [1.82, 2.24) is 4.98 Å². The number of rotatable bonds is 6. The molecule has 3 rings (SSSR count). The van der Waals surface area contributed by atoms with Crippen molar-refractivity contribution in [3.8, 4) is 11.5 Å². The summed E-state index contributed by atoms with van der Waals surface area (Å²) in [6.07, 6.45) is -0.640. The van der Waals surface area contributed by atoms with E-state index in [1.807, 2.05) is 49.4 Å². The highest BCUT2D eigenvalue weighted by atomic mass is 32.1. The van der Waals surface area contributed by atoms with Crippen LogP contribution in [-0.4, -0.2) is 23.6 Å². The van der Waals surface area contributed by atoms with E-state index in [-0.39, 0.29) is 11.3 Å². The van der Waals surface area contributed by atoms with E-state index in [2.05, 4.69) is 31.1 Å². The van der Waals surface area contributed by atoms with Gasteiger partial charge in [0.25, 0.3) is 5.91 Å². The molecule has 0 saturated carbocycles. The second-order valence-corrected chi connectivity index (χ2v) is 8.61. The van der Waals surface area contributed by atoms with Gasteiger partial charge in [-0.3, -0.25) is 10.1 Å². The van der Waals surface area contributed by atoms with E-state index >= 15 is 0 Å². The van der Waals surface area contributed by atoms with Gasteiger partial charge in [-0.25, -0.2) is 4.98 Å². The number of carbonyl (C=O) groups excluding carboxylic acids is 1. The number of carbonyl (C=O) groups is 1. The van der Waals surface area contributed by atoms with Crippen molar-refractivity contribution in [2.75, 3.05) is 11.9 Å². The van der Waals surface area contributed by atoms with Crippen molar-refractivity contribution in [2.24, 2.45) is 0 Å². The first-order valence-electron chi connectivity index (χ1n) is 9.38. The zero-order valence-corrected chi connectivity index (χ0v) is 17.7. The molecule has 28 heavy (non-hydrogen) atoms. The Bertz CT molecular complexity index is 958. The number of hydrogen-bond donors (Lipinski definition) is 1. The molecule has 3 aromatic rings. The van der Waals surface area contributed by atoms with Crippen molar-refractivity contribution in [2.45, 2.75) is 46.1 Å². The zero-order chi connectivity index (χ0) is 20.3. The summed E-state index contributed by atoms with van der Waals surface area (Å²) in [7, 11) is 0. The van der Waals surface area contributed by atoms with E-state index in [0.29, 0.717) is 17.5 Å². The minimum Gasteiger partial charge on any atom is -0.492 e. The van der Waals surface area contributed by atoms with Gasteiger partial charge in [0, 0.05) is 0 Å². The Hall–Kier alpha value is -2.60. The van der Waals surface area contributed by atoms with E-state index in [1.165, 1.54) is 16.9 Å². The number of para-hydroxylation sites is 1. The maximum Gasteiger partial charge on any atom is 0.266 e. The van der Waals surface area contributed by atoms with E-state index in [1.54, 1.807) is 6.92 Å². The Morgan fingerprint density at radius 1 is 1.18 bits per heavy atom. The summed E-state index contributed by atoms with van der Waals surface area (Å²) in [4.78, 5) is 17.0. The van der Waals surface area contributed by atoms with E-state index in [4.69, 9.17) is 9.47 Å². The normalized spacial score (nSPS) is 12.6. The standard InChI is InChI=1S/C22H26N2O3S/c1-6-26-17-8-7-9-18-19(17)23-21(28-18)24-20(25)14(2)27-16-12-10-15(11-13-16)22(3,4)5/h7-14H,6H2,1-5H3,(H,23,24,25). The van der Waals surface area contributed by atoms with Crippen LogP contribution in [-0.2, 0) is 10.2 Å². The van der Waals surface area contributed by atoms with Gasteiger partial charge in [0.05, 0.1) is 11.3 Å². The Balaban J connectivity index is 1.67. The molecule has 1 unspecified atom stereocenters. The van der Waals surface area contributed by atoms with Crippen LogP contribution in [0.5, 0.6) is 11.5 Å². The molecule has 0 saturated heterocycles. The Labute approximate surface area is 169 Å². The van der Waals surface area contributed by atoms with Crippen molar-refractivity contribution >= 4 is 32.6 Å². The largest absolute Gasteiger partial charge is 0.492 e. The van der Waals surface area contributed by atoms with Crippen LogP contribution in [0.15, 0.2) is 42.5 Å². The summed E-state index contributed by atoms with van der Waals surface area (Å²) in [6, 6.07) is 13.6. The second-order valence-electron chi connectivity index (χ2n) is 7.58. The third-order valence-electron chi connectivity index (χ3n) is 4.31. The first-order valence-corrected chi connectivity index (χ1v) is 10.2. The SMILES string of the molecule is CCOc1cccc2sc(NC(=O)C(C)Oc3ccc(C(C)(C)C)cc3)nc12. The molecule has 0 aliphatic carbocycles. The lowest BCUT2D eigenvalue weighted by Gasteiger charge is -2.20. The lowest BCUT2D eigenvalue weighted by atomic mass is 9.87. The van der Waals surface area contributed by atoms with E-state index in [0.717, 1.165) is 16.0 Å². The predicted molar refractivity (Wildman–Crippen MR) is 115 cm³/mol. The van der Waals surface area contributed by atoms with E-state index in [9.17, 15) is 4.79 Å². The van der Waals surface area contributed by atoms with Crippen LogP contribution in [0.2, 0.25) is 0 Å². The van der Waals surface area contributed by atoms with Gasteiger partial charge in [0.2, 0.25) is 0 Å². The summed E-state index contributed by atoms with van der Waals surface area (Å²) in [6.45, 7) is 10.7. The summed E-state index contributed by atoms with van der Waals surface area (Å²) < 4.78 is 12.4. The van der Waals surface area contributed by atoms with Crippen molar-refractivity contribution in [3.05, 3.63) is 48.0 Å². The topological polar surface area (TPSA) is 60.5 Å². The van der Waals surface area contributed by atoms with Crippen LogP contribution < -0.4 is 14.8 Å². The minimum atomic E-state index is -0.640. The van der Waals surface area contributed by atoms with Gasteiger partial charge in [-0.05, 0) is 49.1 Å². The van der Waals surface area contributed by atoms with Gasteiger partial charge in [0.1, 0.15) is 17.0 Å². The molecule has 0 fully saturated rings. The Kier molecular flexibility index (Phi) is 5.89. The Morgan fingerprint density at radius 2 is 1.89 bits per heavy atom. The number of nitrogens with zero attached hydrogens (tertiary/aromatic N) is 1. The number of hydrogen-bond acceptors (Lipinski definition) is 5. The number of fused-ring (bicyclic) bond motifs is 1. The van der Waals surface area contributed by atoms with Gasteiger partial charge in [0.15, 0.2) is 11.2 Å². The molecule has 1 aromatic heterocycles. The zero-order valence-electron chi connectivity index (χ0n) is 16.9. The molecule has 0 spiro atoms. The van der Waals surface area contributed by atoms with Gasteiger partial charge in [-0.15, -0.1) is 0 Å². The average Bonchev–Trinajstić information content (AvgIpc) is 3.05. The lowest BCUT2D eigenvalue weighted by molar-refractivity contribution is -0.122. The number of aromatic nitrogens is 1. The summed E-state index contributed by atoms with van der Waals surface area (Å²) in [5, 5.41) is 3.38. The van der Waals surface area contributed by atoms with Gasteiger partial charge >= 0.3 is 0 Å². The lowest BCUT2D eigenvalue weighted by Crippen LogP contribution is -2.30. The molecule has 148 valence electrons. The molecule has 1 amide bonds. The van der Waals surface area contributed by atoms with Crippen LogP contribution in [0.25, 0.3) is 10.2 Å². The minimum absolute atomic E-state index is 0.0781. The number of anilines is 1. The molecule has 2 aromatic carbocycles. The molecule has 0 radical (unpaired) electrons. The highest BCUT2D eigenvalue weighted by Crippen LogP contribution is 2.32. The third-order valence-corrected chi connectivity index (χ3v) is 5.25. The summed E-state index contributed by atoms with van der Waals surface area (Å²) in [5.74, 6) is 1.15. The van der Waals surface area contributed by atoms with Crippen LogP contribution in [0, 0.1) is 0 Å². The number of amides is 1. The fourth-order valence-corrected chi connectivity index (χ4v) is 3.63. The monoisotopic (exact) mass is 398 g/mol. The van der Waals surface area contributed by atoms with Gasteiger partial charge in [-0.2, -0.15) is 0 Å². The number of thiazole rings is 1. The molecule has 5 nitrogen and oxygen atoms in total. The Morgan fingerprint density at radius 3 is 2.54 bits per heavy atom. The highest BCUT2D eigenvalue weighted by Gasteiger charge is 2.18. The summed E-state index contributed by atoms with van der Waals surface area (Å²) >= 11 is 1.42. The van der Waals surface area contributed by atoms with Crippen LogP contribution >= 0.6 is 11.3 Å². The number of nitrogens with one attached hydrogen (secondary N) is 1. The molecule has 6 heteroatoms. The quantitative estimate of drug-likeness (QED) is 0.604. The smallest absolute Gasteiger partial charge is 0.266 e. The van der Waals surface area contributed by atoms with Gasteiger partial charge < -0.3 is 9.47 Å². The predicted octanol–water partition coefficient (Wildman–Crippen LogP) is 5.40. The van der Waals surface area contributed by atoms with Crippen molar-refractivity contribution < 1.29 is 14.3 Å². The van der Waals surface area contributed by atoms with Crippen LogP contribution in [0.3, 0.4) is 0 Å². The van der Waals surface area contributed by atoms with Crippen molar-refractivity contribution in [1.29, 1.82) is 0 Å². The molecular weight excluding hydrogens is 372 g/mol. The molecule has 1 N–H and O–H groups in total. The first-order chi connectivity index (χ1) is 13.3. The first kappa shape index (κ1) is 20.1. The second kappa shape index (κ2) is 8.19. The average molecular weight is 399 g/mol. The fraction of sp³-hybridized carbons (Fsp3) is 0.364. The third kappa shape index (κ3) is 4.62. The summed E-state index contributed by atoms with van der Waals surface area (Å²) in [5.41, 5.74) is 2.06. The molecule has 1 heterocycles. The highest BCUT2D eigenvalue weighted by molar-refractivity contribution is 7.22. The molecule has 0 bridgehead atoms. The molecule has 0 aliphatic heterocycles. The molecular formula is C22H26N2O3S. The van der Waals surface area contributed by atoms with E-state index < -0.39 is 6.10 Å². The maximum absolute atomic E-state index is 12.5. The van der Waals surface area contributed by atoms with Crippen molar-refractivity contribution in [3.63, 3.8) is 0 Å². The molecule has 0 aliphatic rings. The van der Waals surface area contributed by atoms with Crippen LogP contribution in [0.1, 0.15) is 40.2 Å². The van der Waals surface area contributed by atoms with Gasteiger partial charge in [-0.1, -0.05) is 50.3 Å². The van der Waals surface area contributed by atoms with Crippen LogP contribution in [0.4, 0.5) is 5.13 Å². The fourth-order valence-electron chi connectivity index (χ4n) is 2.75. The number of ether oxygens (including phenoxy) is 2. The molecule has 1 atom stereocenters. The maximum atomic E-state index is 12.5.